The van der Waals surface area contributed by atoms with Crippen molar-refractivity contribution in [2.45, 2.75) is 125 Å². The zero-order chi connectivity index (χ0) is 25.0. The quantitative estimate of drug-likeness (QED) is 0.240. The van der Waals surface area contributed by atoms with Gasteiger partial charge in [0, 0.05) is 27.6 Å². The van der Waals surface area contributed by atoms with Crippen LogP contribution in [-0.4, -0.2) is 33.3 Å². The predicted molar refractivity (Wildman–Crippen MR) is 152 cm³/mol. The number of thioether (sulfide) groups is 2. The van der Waals surface area contributed by atoms with E-state index in [0.717, 1.165) is 36.2 Å². The summed E-state index contributed by atoms with van der Waals surface area (Å²) in [4.78, 5) is 11.1. The van der Waals surface area contributed by atoms with Crippen LogP contribution in [0.1, 0.15) is 125 Å². The van der Waals surface area contributed by atoms with Crippen molar-refractivity contribution in [2.75, 3.05) is 6.61 Å². The molecule has 5 heteroatoms. The van der Waals surface area contributed by atoms with Crippen molar-refractivity contribution in [3.05, 3.63) is 35.4 Å². The summed E-state index contributed by atoms with van der Waals surface area (Å²) in [6.45, 7) is 4.30. The fraction of sp³-hybridized carbons (Fsp3) is 0.767. The highest BCUT2D eigenvalue weighted by Crippen LogP contribution is 2.50. The minimum atomic E-state index is -0.659. The van der Waals surface area contributed by atoms with Crippen molar-refractivity contribution < 1.29 is 15.0 Å². The SMILES string of the molecule is CC(CO)CCCCC1CCCC(c2ccccc2C2CCCC(CCCCC(C)C(=O)O)S2)S1. The Balaban J connectivity index is 1.51. The number of aliphatic carboxylic acids is 1. The third-order valence-corrected chi connectivity index (χ3v) is 11.4. The number of aliphatic hydroxyl groups is 1. The molecule has 0 saturated carbocycles. The number of benzene rings is 1. The fourth-order valence-corrected chi connectivity index (χ4v) is 9.15. The molecule has 35 heavy (non-hydrogen) atoms. The maximum absolute atomic E-state index is 11.1. The second-order valence-corrected chi connectivity index (χ2v) is 14.1. The van der Waals surface area contributed by atoms with E-state index in [1.807, 2.05) is 6.92 Å². The Kier molecular flexibility index (Phi) is 12.9. The molecule has 2 saturated heterocycles. The third-order valence-electron chi connectivity index (χ3n) is 8.01. The summed E-state index contributed by atoms with van der Waals surface area (Å²) in [6, 6.07) is 9.30. The van der Waals surface area contributed by atoms with Crippen LogP contribution in [0.4, 0.5) is 0 Å². The Morgan fingerprint density at radius 2 is 1.37 bits per heavy atom. The lowest BCUT2D eigenvalue weighted by Gasteiger charge is -2.34. The van der Waals surface area contributed by atoms with Gasteiger partial charge in [-0.25, -0.2) is 0 Å². The number of aliphatic hydroxyl groups excluding tert-OH is 1. The van der Waals surface area contributed by atoms with E-state index in [2.05, 4.69) is 54.7 Å². The maximum Gasteiger partial charge on any atom is 0.306 e. The number of hydrogen-bond acceptors (Lipinski definition) is 4. The summed E-state index contributed by atoms with van der Waals surface area (Å²) in [5.41, 5.74) is 3.20. The third kappa shape index (κ3) is 9.63. The standard InChI is InChI=1S/C30H48O3S2/c1-22(21-31)11-3-5-13-24-15-9-19-28(34-24)26-17-7-8-18-27(26)29-20-10-16-25(35-29)14-6-4-12-23(2)30(32)33/h7-8,17-18,22-25,28-29,31H,3-6,9-16,19-21H2,1-2H3,(H,32,33). The highest BCUT2D eigenvalue weighted by molar-refractivity contribution is 8.00. The summed E-state index contributed by atoms with van der Waals surface area (Å²) in [5, 5.41) is 21.1. The van der Waals surface area contributed by atoms with Crippen molar-refractivity contribution in [2.24, 2.45) is 11.8 Å². The number of carboxylic acid groups (broad SMARTS) is 1. The molecule has 3 rings (SSSR count). The van der Waals surface area contributed by atoms with E-state index in [1.54, 1.807) is 11.1 Å². The Labute approximate surface area is 222 Å². The van der Waals surface area contributed by atoms with Crippen LogP contribution in [0, 0.1) is 11.8 Å². The van der Waals surface area contributed by atoms with E-state index in [-0.39, 0.29) is 5.92 Å². The molecule has 0 aromatic heterocycles. The summed E-state index contributed by atoms with van der Waals surface area (Å²) in [7, 11) is 0. The number of hydrogen-bond donors (Lipinski definition) is 2. The lowest BCUT2D eigenvalue weighted by atomic mass is 9.94. The normalized spacial score (nSPS) is 26.8. The maximum atomic E-state index is 11.1. The van der Waals surface area contributed by atoms with Gasteiger partial charge in [0.1, 0.15) is 0 Å². The molecule has 1 aromatic rings. The van der Waals surface area contributed by atoms with Crippen LogP contribution in [-0.2, 0) is 4.79 Å². The van der Waals surface area contributed by atoms with E-state index in [9.17, 15) is 9.90 Å². The molecule has 2 fully saturated rings. The lowest BCUT2D eigenvalue weighted by molar-refractivity contribution is -0.141. The molecule has 0 amide bonds. The Morgan fingerprint density at radius 1 is 0.857 bits per heavy atom. The molecule has 0 bridgehead atoms. The van der Waals surface area contributed by atoms with Gasteiger partial charge in [-0.3, -0.25) is 4.79 Å². The molecule has 2 aliphatic heterocycles. The molecule has 6 unspecified atom stereocenters. The molecular weight excluding hydrogens is 472 g/mol. The monoisotopic (exact) mass is 520 g/mol. The molecule has 198 valence electrons. The molecule has 2 aliphatic rings. The summed E-state index contributed by atoms with van der Waals surface area (Å²) in [5.74, 6) is -0.429. The van der Waals surface area contributed by atoms with Gasteiger partial charge in [0.25, 0.3) is 0 Å². The molecule has 0 aliphatic carbocycles. The van der Waals surface area contributed by atoms with Gasteiger partial charge in [-0.05, 0) is 68.4 Å². The van der Waals surface area contributed by atoms with Gasteiger partial charge in [-0.1, -0.05) is 76.6 Å². The minimum absolute atomic E-state index is 0.213. The summed E-state index contributed by atoms with van der Waals surface area (Å²) >= 11 is 4.45. The second kappa shape index (κ2) is 15.6. The molecule has 6 atom stereocenters. The summed E-state index contributed by atoms with van der Waals surface area (Å²) < 4.78 is 0. The summed E-state index contributed by atoms with van der Waals surface area (Å²) in [6.07, 6.45) is 17.2. The van der Waals surface area contributed by atoms with E-state index < -0.39 is 5.97 Å². The van der Waals surface area contributed by atoms with E-state index in [1.165, 1.54) is 64.2 Å². The molecule has 2 N–H and O–H groups in total. The Bertz CT molecular complexity index is 755. The van der Waals surface area contributed by atoms with Crippen molar-refractivity contribution in [3.63, 3.8) is 0 Å². The highest BCUT2D eigenvalue weighted by atomic mass is 32.2. The van der Waals surface area contributed by atoms with Gasteiger partial charge in [-0.15, -0.1) is 0 Å². The first kappa shape index (κ1) is 28.9. The van der Waals surface area contributed by atoms with Gasteiger partial charge in [-0.2, -0.15) is 23.5 Å². The zero-order valence-corrected chi connectivity index (χ0v) is 23.6. The van der Waals surface area contributed by atoms with E-state index >= 15 is 0 Å². The molecule has 3 nitrogen and oxygen atoms in total. The number of carbonyl (C=O) groups is 1. The average Bonchev–Trinajstić information content (AvgIpc) is 2.89. The van der Waals surface area contributed by atoms with E-state index in [0.29, 0.717) is 23.0 Å². The van der Waals surface area contributed by atoms with Crippen LogP contribution in [0.3, 0.4) is 0 Å². The van der Waals surface area contributed by atoms with Gasteiger partial charge >= 0.3 is 5.97 Å². The van der Waals surface area contributed by atoms with Crippen LogP contribution >= 0.6 is 23.5 Å². The second-order valence-electron chi connectivity index (χ2n) is 11.1. The van der Waals surface area contributed by atoms with Crippen molar-refractivity contribution in [3.8, 4) is 0 Å². The van der Waals surface area contributed by atoms with Gasteiger partial charge in [0.05, 0.1) is 5.92 Å². The number of unbranched alkanes of at least 4 members (excludes halogenated alkanes) is 2. The highest BCUT2D eigenvalue weighted by Gasteiger charge is 2.30. The van der Waals surface area contributed by atoms with Crippen LogP contribution in [0.25, 0.3) is 0 Å². The number of rotatable bonds is 14. The molecule has 2 heterocycles. The van der Waals surface area contributed by atoms with E-state index in [4.69, 9.17) is 5.11 Å². The largest absolute Gasteiger partial charge is 0.481 e. The zero-order valence-electron chi connectivity index (χ0n) is 22.0. The van der Waals surface area contributed by atoms with Crippen LogP contribution < -0.4 is 0 Å². The van der Waals surface area contributed by atoms with Crippen LogP contribution in [0.15, 0.2) is 24.3 Å². The Morgan fingerprint density at radius 3 is 1.86 bits per heavy atom. The first-order chi connectivity index (χ1) is 17.0. The first-order valence-electron chi connectivity index (χ1n) is 14.2. The van der Waals surface area contributed by atoms with Gasteiger partial charge in [0.15, 0.2) is 0 Å². The van der Waals surface area contributed by atoms with Gasteiger partial charge in [0.2, 0.25) is 0 Å². The van der Waals surface area contributed by atoms with Crippen LogP contribution in [0.5, 0.6) is 0 Å². The minimum Gasteiger partial charge on any atom is -0.481 e. The Hall–Kier alpha value is -0.650. The lowest BCUT2D eigenvalue weighted by Crippen LogP contribution is -2.17. The van der Waals surface area contributed by atoms with Crippen LogP contribution in [0.2, 0.25) is 0 Å². The predicted octanol–water partition coefficient (Wildman–Crippen LogP) is 8.81. The van der Waals surface area contributed by atoms with Crippen molar-refractivity contribution >= 4 is 29.5 Å². The molecular formula is C30H48O3S2. The number of carboxylic acids is 1. The molecule has 1 aromatic carbocycles. The fourth-order valence-electron chi connectivity index (χ4n) is 5.68. The average molecular weight is 521 g/mol. The molecule has 0 spiro atoms. The van der Waals surface area contributed by atoms with Gasteiger partial charge < -0.3 is 10.2 Å². The molecule has 0 radical (unpaired) electrons. The van der Waals surface area contributed by atoms with Crippen molar-refractivity contribution in [1.82, 2.24) is 0 Å². The van der Waals surface area contributed by atoms with Crippen molar-refractivity contribution in [1.29, 1.82) is 0 Å². The first-order valence-corrected chi connectivity index (χ1v) is 16.1. The smallest absolute Gasteiger partial charge is 0.306 e. The topological polar surface area (TPSA) is 57.5 Å².